The Kier molecular flexibility index (Phi) is 7.70. The van der Waals surface area contributed by atoms with E-state index in [0.29, 0.717) is 5.56 Å². The van der Waals surface area contributed by atoms with E-state index in [4.69, 9.17) is 0 Å². The Morgan fingerprint density at radius 1 is 1.26 bits per heavy atom. The molecule has 0 unspecified atom stereocenters. The third-order valence-electron chi connectivity index (χ3n) is 3.52. The zero-order valence-electron chi connectivity index (χ0n) is 12.7. The number of piperidine rings is 1. The number of hydrogen-bond donors (Lipinski definition) is 3. The van der Waals surface area contributed by atoms with Crippen LogP contribution in [0.3, 0.4) is 0 Å². The van der Waals surface area contributed by atoms with Crippen LogP contribution < -0.4 is 15.4 Å². The smallest absolute Gasteiger partial charge is 0.251 e. The van der Waals surface area contributed by atoms with Crippen LogP contribution in [-0.4, -0.2) is 40.0 Å². The van der Waals surface area contributed by atoms with E-state index in [1.54, 1.807) is 0 Å². The third-order valence-corrected chi connectivity index (χ3v) is 4.96. The average Bonchev–Trinajstić information content (AvgIpc) is 2.54. The van der Waals surface area contributed by atoms with Gasteiger partial charge in [-0.25, -0.2) is 13.1 Å². The topological polar surface area (TPSA) is 87.3 Å². The van der Waals surface area contributed by atoms with Gasteiger partial charge in [-0.05, 0) is 50.2 Å². The second-order valence-corrected chi connectivity index (χ2v) is 6.93. The van der Waals surface area contributed by atoms with Crippen LogP contribution in [0.2, 0.25) is 0 Å². The van der Waals surface area contributed by atoms with Crippen molar-refractivity contribution in [2.24, 2.45) is 0 Å². The SMILES string of the molecule is C=CCNS(=O)(=O)c1ccc(C(=O)NC2CCNCC2)cc1.Cl. The molecule has 0 spiro atoms. The van der Waals surface area contributed by atoms with Crippen LogP contribution in [0.4, 0.5) is 0 Å². The van der Waals surface area contributed by atoms with E-state index < -0.39 is 10.0 Å². The van der Waals surface area contributed by atoms with Gasteiger partial charge in [0.05, 0.1) is 4.90 Å². The van der Waals surface area contributed by atoms with Crippen molar-refractivity contribution in [1.29, 1.82) is 0 Å². The van der Waals surface area contributed by atoms with Crippen molar-refractivity contribution in [2.45, 2.75) is 23.8 Å². The van der Waals surface area contributed by atoms with Gasteiger partial charge in [0, 0.05) is 18.2 Å². The summed E-state index contributed by atoms with van der Waals surface area (Å²) in [6.45, 7) is 5.43. The Labute approximate surface area is 143 Å². The summed E-state index contributed by atoms with van der Waals surface area (Å²) in [5, 5.41) is 6.21. The van der Waals surface area contributed by atoms with Crippen molar-refractivity contribution >= 4 is 28.3 Å². The maximum absolute atomic E-state index is 12.1. The number of halogens is 1. The highest BCUT2D eigenvalue weighted by molar-refractivity contribution is 7.89. The van der Waals surface area contributed by atoms with Crippen LogP contribution in [0, 0.1) is 0 Å². The standard InChI is InChI=1S/C15H21N3O3S.ClH/c1-2-9-17-22(20,21)14-5-3-12(4-6-14)15(19)18-13-7-10-16-11-8-13;/h2-6,13,16-17H,1,7-11H2,(H,18,19);1H. The summed E-state index contributed by atoms with van der Waals surface area (Å²) in [6.07, 6.45) is 3.28. The number of carbonyl (C=O) groups is 1. The van der Waals surface area contributed by atoms with Gasteiger partial charge in [-0.3, -0.25) is 4.79 Å². The highest BCUT2D eigenvalue weighted by Gasteiger charge is 2.17. The molecule has 23 heavy (non-hydrogen) atoms. The van der Waals surface area contributed by atoms with Crippen LogP contribution >= 0.6 is 12.4 Å². The van der Waals surface area contributed by atoms with Crippen molar-refractivity contribution < 1.29 is 13.2 Å². The molecular weight excluding hydrogens is 338 g/mol. The molecule has 6 nitrogen and oxygen atoms in total. The Morgan fingerprint density at radius 3 is 2.43 bits per heavy atom. The largest absolute Gasteiger partial charge is 0.349 e. The van der Waals surface area contributed by atoms with E-state index in [9.17, 15) is 13.2 Å². The summed E-state index contributed by atoms with van der Waals surface area (Å²) >= 11 is 0. The van der Waals surface area contributed by atoms with E-state index in [2.05, 4.69) is 21.9 Å². The summed E-state index contributed by atoms with van der Waals surface area (Å²) in [5.41, 5.74) is 0.459. The highest BCUT2D eigenvalue weighted by Crippen LogP contribution is 2.11. The molecule has 0 bridgehead atoms. The van der Waals surface area contributed by atoms with Gasteiger partial charge in [0.25, 0.3) is 5.91 Å². The van der Waals surface area contributed by atoms with Crippen molar-refractivity contribution in [3.8, 4) is 0 Å². The van der Waals surface area contributed by atoms with Crippen LogP contribution in [0.1, 0.15) is 23.2 Å². The van der Waals surface area contributed by atoms with Gasteiger partial charge in [0.2, 0.25) is 10.0 Å². The average molecular weight is 360 g/mol. The Morgan fingerprint density at radius 2 is 1.87 bits per heavy atom. The monoisotopic (exact) mass is 359 g/mol. The summed E-state index contributed by atoms with van der Waals surface area (Å²) in [6, 6.07) is 6.09. The zero-order valence-corrected chi connectivity index (χ0v) is 14.4. The zero-order chi connectivity index (χ0) is 16.0. The third kappa shape index (κ3) is 5.62. The molecule has 1 aliphatic rings. The maximum Gasteiger partial charge on any atom is 0.251 e. The molecule has 1 aromatic rings. The normalized spacial score (nSPS) is 15.5. The number of sulfonamides is 1. The molecule has 1 saturated heterocycles. The second kappa shape index (κ2) is 9.02. The fourth-order valence-electron chi connectivity index (χ4n) is 2.27. The quantitative estimate of drug-likeness (QED) is 0.663. The Balaban J connectivity index is 0.00000264. The Bertz CT molecular complexity index is 626. The van der Waals surface area contributed by atoms with E-state index in [1.807, 2.05) is 0 Å². The lowest BCUT2D eigenvalue weighted by molar-refractivity contribution is 0.0929. The van der Waals surface area contributed by atoms with E-state index in [0.717, 1.165) is 25.9 Å². The predicted molar refractivity (Wildman–Crippen MR) is 92.4 cm³/mol. The molecule has 1 amide bonds. The summed E-state index contributed by atoms with van der Waals surface area (Å²) in [5.74, 6) is -0.171. The number of amides is 1. The predicted octanol–water partition coefficient (Wildman–Crippen LogP) is 1.05. The van der Waals surface area contributed by atoms with Gasteiger partial charge in [-0.2, -0.15) is 0 Å². The summed E-state index contributed by atoms with van der Waals surface area (Å²) < 4.78 is 26.2. The molecule has 0 saturated carbocycles. The highest BCUT2D eigenvalue weighted by atomic mass is 35.5. The van der Waals surface area contributed by atoms with Gasteiger partial charge in [0.1, 0.15) is 0 Å². The molecule has 2 rings (SSSR count). The minimum Gasteiger partial charge on any atom is -0.349 e. The summed E-state index contributed by atoms with van der Waals surface area (Å²) in [4.78, 5) is 12.3. The molecule has 1 heterocycles. The lowest BCUT2D eigenvalue weighted by Crippen LogP contribution is -2.42. The fraction of sp³-hybridized carbons (Fsp3) is 0.400. The summed E-state index contributed by atoms with van der Waals surface area (Å²) in [7, 11) is -3.55. The van der Waals surface area contributed by atoms with Crippen molar-refractivity contribution in [3.63, 3.8) is 0 Å². The van der Waals surface area contributed by atoms with Gasteiger partial charge >= 0.3 is 0 Å². The lowest BCUT2D eigenvalue weighted by atomic mass is 10.1. The number of benzene rings is 1. The fourth-order valence-corrected chi connectivity index (χ4v) is 3.27. The minimum absolute atomic E-state index is 0. The second-order valence-electron chi connectivity index (χ2n) is 5.16. The first-order valence-electron chi connectivity index (χ1n) is 7.25. The number of rotatable bonds is 6. The number of nitrogens with one attached hydrogen (secondary N) is 3. The van der Waals surface area contributed by atoms with Crippen molar-refractivity contribution in [3.05, 3.63) is 42.5 Å². The maximum atomic E-state index is 12.1. The van der Waals surface area contributed by atoms with Gasteiger partial charge in [0.15, 0.2) is 0 Å². The van der Waals surface area contributed by atoms with Gasteiger partial charge in [-0.15, -0.1) is 19.0 Å². The van der Waals surface area contributed by atoms with Crippen molar-refractivity contribution in [1.82, 2.24) is 15.4 Å². The molecule has 3 N–H and O–H groups in total. The number of hydrogen-bond acceptors (Lipinski definition) is 4. The van der Waals surface area contributed by atoms with Crippen LogP contribution in [-0.2, 0) is 10.0 Å². The molecular formula is C15H22ClN3O3S. The molecule has 1 aromatic carbocycles. The molecule has 0 radical (unpaired) electrons. The molecule has 0 aliphatic carbocycles. The number of carbonyl (C=O) groups excluding carboxylic acids is 1. The first-order valence-corrected chi connectivity index (χ1v) is 8.73. The lowest BCUT2D eigenvalue weighted by Gasteiger charge is -2.23. The Hall–Kier alpha value is -1.41. The van der Waals surface area contributed by atoms with Gasteiger partial charge in [-0.1, -0.05) is 6.08 Å². The molecule has 1 aliphatic heterocycles. The van der Waals surface area contributed by atoms with Crippen molar-refractivity contribution in [2.75, 3.05) is 19.6 Å². The van der Waals surface area contributed by atoms with Crippen LogP contribution in [0.15, 0.2) is 41.8 Å². The molecule has 0 atom stereocenters. The van der Waals surface area contributed by atoms with Gasteiger partial charge < -0.3 is 10.6 Å². The van der Waals surface area contributed by atoms with E-state index in [1.165, 1.54) is 30.3 Å². The first-order chi connectivity index (χ1) is 10.5. The molecule has 8 heteroatoms. The molecule has 1 fully saturated rings. The van der Waals surface area contributed by atoms with Crippen LogP contribution in [0.5, 0.6) is 0 Å². The molecule has 0 aromatic heterocycles. The molecule has 128 valence electrons. The van der Waals surface area contributed by atoms with E-state index >= 15 is 0 Å². The first kappa shape index (κ1) is 19.6. The van der Waals surface area contributed by atoms with Crippen LogP contribution in [0.25, 0.3) is 0 Å². The minimum atomic E-state index is -3.55. The van der Waals surface area contributed by atoms with E-state index in [-0.39, 0.29) is 35.8 Å².